The second kappa shape index (κ2) is 6.64. The number of carbonyl (C=O) groups excluding carboxylic acids is 1. The average molecular weight is 323 g/mol. The van der Waals surface area contributed by atoms with E-state index in [-0.39, 0.29) is 11.9 Å². The van der Waals surface area contributed by atoms with Crippen LogP contribution in [0.5, 0.6) is 0 Å². The Kier molecular flexibility index (Phi) is 4.88. The lowest BCUT2D eigenvalue weighted by Crippen LogP contribution is -2.44. The number of aromatic nitrogens is 1. The van der Waals surface area contributed by atoms with E-state index >= 15 is 0 Å². The van der Waals surface area contributed by atoms with Gasteiger partial charge in [0.2, 0.25) is 0 Å². The zero-order valence-corrected chi connectivity index (χ0v) is 12.1. The Bertz CT molecular complexity index is 492. The Morgan fingerprint density at radius 3 is 2.95 bits per heavy atom. The summed E-state index contributed by atoms with van der Waals surface area (Å²) in [5.74, 6) is -0.0677. The molecule has 0 atom stereocenters. The minimum absolute atomic E-state index is 0.0677. The molecule has 0 unspecified atom stereocenters. The lowest BCUT2D eigenvalue weighted by atomic mass is 10.0. The van der Waals surface area contributed by atoms with Gasteiger partial charge in [-0.3, -0.25) is 9.69 Å². The summed E-state index contributed by atoms with van der Waals surface area (Å²) >= 11 is 3.25. The maximum atomic E-state index is 12.0. The highest BCUT2D eigenvalue weighted by molar-refractivity contribution is 9.10. The fourth-order valence-corrected chi connectivity index (χ4v) is 2.51. The molecular weight excluding hydrogens is 308 g/mol. The maximum Gasteiger partial charge on any atom is 0.251 e. The van der Waals surface area contributed by atoms with Gasteiger partial charge >= 0.3 is 0 Å². The molecule has 1 aliphatic rings. The number of pyridine rings is 1. The van der Waals surface area contributed by atoms with Gasteiger partial charge in [0, 0.05) is 30.9 Å². The molecule has 0 aliphatic carbocycles. The first-order chi connectivity index (χ1) is 9.19. The minimum Gasteiger partial charge on any atom is -0.349 e. The van der Waals surface area contributed by atoms with E-state index in [0.29, 0.717) is 16.7 Å². The molecule has 5 nitrogen and oxygen atoms in total. The molecule has 1 amide bonds. The number of hydrogen-bond donors (Lipinski definition) is 1. The van der Waals surface area contributed by atoms with Gasteiger partial charge in [0.25, 0.3) is 5.91 Å². The summed E-state index contributed by atoms with van der Waals surface area (Å²) in [7, 11) is 0. The first-order valence-electron chi connectivity index (χ1n) is 6.21. The van der Waals surface area contributed by atoms with Crippen molar-refractivity contribution < 1.29 is 4.79 Å². The van der Waals surface area contributed by atoms with Crippen LogP contribution in [0, 0.1) is 11.3 Å². The van der Waals surface area contributed by atoms with Gasteiger partial charge in [-0.15, -0.1) is 0 Å². The van der Waals surface area contributed by atoms with Crippen molar-refractivity contribution in [3.8, 4) is 6.07 Å². The van der Waals surface area contributed by atoms with E-state index in [1.807, 2.05) is 0 Å². The molecule has 100 valence electrons. The summed E-state index contributed by atoms with van der Waals surface area (Å²) in [5, 5.41) is 11.7. The molecule has 19 heavy (non-hydrogen) atoms. The normalized spacial score (nSPS) is 16.8. The van der Waals surface area contributed by atoms with Crippen molar-refractivity contribution in [1.82, 2.24) is 15.2 Å². The summed E-state index contributed by atoms with van der Waals surface area (Å²) < 4.78 is 0.656. The Hall–Kier alpha value is -1.45. The van der Waals surface area contributed by atoms with Gasteiger partial charge in [-0.05, 0) is 40.9 Å². The third kappa shape index (κ3) is 4.01. The van der Waals surface area contributed by atoms with Crippen LogP contribution in [0.2, 0.25) is 0 Å². The molecule has 1 aliphatic heterocycles. The predicted octanol–water partition coefficient (Wildman–Crippen LogP) is 1.56. The van der Waals surface area contributed by atoms with Gasteiger partial charge < -0.3 is 5.32 Å². The first kappa shape index (κ1) is 14.0. The van der Waals surface area contributed by atoms with Crippen LogP contribution in [-0.4, -0.2) is 41.5 Å². The van der Waals surface area contributed by atoms with Crippen LogP contribution in [0.3, 0.4) is 0 Å². The summed E-state index contributed by atoms with van der Waals surface area (Å²) in [5.41, 5.74) is 0.612. The van der Waals surface area contributed by atoms with E-state index in [0.717, 1.165) is 25.9 Å². The third-order valence-corrected chi connectivity index (χ3v) is 3.64. The van der Waals surface area contributed by atoms with Crippen molar-refractivity contribution >= 4 is 21.8 Å². The van der Waals surface area contributed by atoms with E-state index < -0.39 is 0 Å². The maximum absolute atomic E-state index is 12.0. The largest absolute Gasteiger partial charge is 0.349 e. The van der Waals surface area contributed by atoms with Crippen LogP contribution >= 0.6 is 15.9 Å². The van der Waals surface area contributed by atoms with E-state index in [1.165, 1.54) is 0 Å². The van der Waals surface area contributed by atoms with Crippen molar-refractivity contribution in [2.75, 3.05) is 19.6 Å². The quantitative estimate of drug-likeness (QED) is 0.677. The molecule has 0 radical (unpaired) electrons. The summed E-state index contributed by atoms with van der Waals surface area (Å²) in [4.78, 5) is 18.1. The highest BCUT2D eigenvalue weighted by Crippen LogP contribution is 2.12. The monoisotopic (exact) mass is 322 g/mol. The molecule has 0 spiro atoms. The molecule has 6 heteroatoms. The third-order valence-electron chi connectivity index (χ3n) is 3.21. The van der Waals surface area contributed by atoms with Crippen molar-refractivity contribution in [3.05, 3.63) is 28.5 Å². The van der Waals surface area contributed by atoms with Gasteiger partial charge in [0.05, 0.1) is 12.6 Å². The fourth-order valence-electron chi connectivity index (χ4n) is 2.15. The molecule has 0 saturated carbocycles. The number of piperidine rings is 1. The molecule has 0 aromatic carbocycles. The summed E-state index contributed by atoms with van der Waals surface area (Å²) in [6, 6.07) is 5.75. The summed E-state index contributed by atoms with van der Waals surface area (Å²) in [6.45, 7) is 2.19. The van der Waals surface area contributed by atoms with Crippen LogP contribution in [0.4, 0.5) is 0 Å². The standard InChI is InChI=1S/C13H15BrN4O/c14-12-9-10(1-5-16-12)13(19)17-11-2-6-18(7-3-11)8-4-15/h1,5,9,11H,2-3,6-8H2,(H,17,19). The number of rotatable bonds is 3. The number of carbonyl (C=O) groups is 1. The van der Waals surface area contributed by atoms with Gasteiger partial charge in [-0.25, -0.2) is 4.98 Å². The zero-order chi connectivity index (χ0) is 13.7. The lowest BCUT2D eigenvalue weighted by Gasteiger charge is -2.30. The molecule has 0 bridgehead atoms. The lowest BCUT2D eigenvalue weighted by molar-refractivity contribution is 0.0914. The highest BCUT2D eigenvalue weighted by Gasteiger charge is 2.20. The van der Waals surface area contributed by atoms with Gasteiger partial charge in [0.15, 0.2) is 0 Å². The smallest absolute Gasteiger partial charge is 0.251 e. The number of likely N-dealkylation sites (tertiary alicyclic amines) is 1. The number of nitriles is 1. The van der Waals surface area contributed by atoms with Gasteiger partial charge in [0.1, 0.15) is 4.60 Å². The van der Waals surface area contributed by atoms with Crippen LogP contribution in [-0.2, 0) is 0 Å². The Labute approximate surface area is 120 Å². The second-order valence-corrected chi connectivity index (χ2v) is 5.36. The molecule has 1 saturated heterocycles. The SMILES string of the molecule is N#CCN1CCC(NC(=O)c2ccnc(Br)c2)CC1. The fraction of sp³-hybridized carbons (Fsp3) is 0.462. The van der Waals surface area contributed by atoms with Gasteiger partial charge in [-0.1, -0.05) is 0 Å². The van der Waals surface area contributed by atoms with Crippen LogP contribution in [0.15, 0.2) is 22.9 Å². The molecule has 2 rings (SSSR count). The molecule has 1 aromatic rings. The van der Waals surface area contributed by atoms with Crippen LogP contribution in [0.1, 0.15) is 23.2 Å². The first-order valence-corrected chi connectivity index (χ1v) is 7.00. The number of hydrogen-bond acceptors (Lipinski definition) is 4. The topological polar surface area (TPSA) is 69.0 Å². The Morgan fingerprint density at radius 2 is 2.32 bits per heavy atom. The number of nitrogens with zero attached hydrogens (tertiary/aromatic N) is 3. The van der Waals surface area contributed by atoms with Gasteiger partial charge in [-0.2, -0.15) is 5.26 Å². The molecular formula is C13H15BrN4O. The Balaban J connectivity index is 1.86. The summed E-state index contributed by atoms with van der Waals surface area (Å²) in [6.07, 6.45) is 3.38. The second-order valence-electron chi connectivity index (χ2n) is 4.55. The minimum atomic E-state index is -0.0677. The average Bonchev–Trinajstić information content (AvgIpc) is 2.41. The predicted molar refractivity (Wildman–Crippen MR) is 74.5 cm³/mol. The van der Waals surface area contributed by atoms with Crippen LogP contribution < -0.4 is 5.32 Å². The highest BCUT2D eigenvalue weighted by atomic mass is 79.9. The molecule has 1 fully saturated rings. The number of nitrogens with one attached hydrogen (secondary N) is 1. The van der Waals surface area contributed by atoms with E-state index in [2.05, 4.69) is 37.2 Å². The van der Waals surface area contributed by atoms with E-state index in [1.54, 1.807) is 18.3 Å². The number of amides is 1. The molecule has 2 heterocycles. The van der Waals surface area contributed by atoms with E-state index in [9.17, 15) is 4.79 Å². The van der Waals surface area contributed by atoms with Crippen LogP contribution in [0.25, 0.3) is 0 Å². The van der Waals surface area contributed by atoms with E-state index in [4.69, 9.17) is 5.26 Å². The van der Waals surface area contributed by atoms with Crippen molar-refractivity contribution in [1.29, 1.82) is 5.26 Å². The van der Waals surface area contributed by atoms with Crippen molar-refractivity contribution in [2.24, 2.45) is 0 Å². The Morgan fingerprint density at radius 1 is 1.58 bits per heavy atom. The molecule has 1 N–H and O–H groups in total. The molecule has 1 aromatic heterocycles. The number of halogens is 1. The van der Waals surface area contributed by atoms with Crippen molar-refractivity contribution in [2.45, 2.75) is 18.9 Å². The van der Waals surface area contributed by atoms with Crippen molar-refractivity contribution in [3.63, 3.8) is 0 Å². The zero-order valence-electron chi connectivity index (χ0n) is 10.5.